The third-order valence-electron chi connectivity index (χ3n) is 4.90. The lowest BCUT2D eigenvalue weighted by atomic mass is 10.2. The molecule has 1 amide bonds. The monoisotopic (exact) mass is 399 g/mol. The van der Waals surface area contributed by atoms with E-state index in [9.17, 15) is 14.0 Å². The van der Waals surface area contributed by atoms with Gasteiger partial charge < -0.3 is 15.0 Å². The van der Waals surface area contributed by atoms with Crippen molar-refractivity contribution in [1.29, 1.82) is 0 Å². The van der Waals surface area contributed by atoms with Crippen LogP contribution in [0.4, 0.5) is 15.8 Å². The Kier molecular flexibility index (Phi) is 7.19. The van der Waals surface area contributed by atoms with Gasteiger partial charge in [-0.25, -0.2) is 9.18 Å². The zero-order valence-corrected chi connectivity index (χ0v) is 16.6. The second-order valence-corrected chi connectivity index (χ2v) is 6.88. The number of benzene rings is 2. The molecule has 0 radical (unpaired) electrons. The molecule has 3 rings (SSSR count). The molecule has 0 aromatic heterocycles. The fourth-order valence-corrected chi connectivity index (χ4v) is 3.31. The number of nitrogens with zero attached hydrogens (tertiary/aromatic N) is 2. The number of hydrogen-bond donors (Lipinski definition) is 1. The van der Waals surface area contributed by atoms with Crippen molar-refractivity contribution in [3.05, 3.63) is 59.9 Å². The molecule has 0 aliphatic carbocycles. The molecule has 1 N–H and O–H groups in total. The number of carbonyl (C=O) groups is 2. The van der Waals surface area contributed by atoms with Crippen LogP contribution in [0.2, 0.25) is 0 Å². The molecule has 0 unspecified atom stereocenters. The maximum Gasteiger partial charge on any atom is 0.338 e. The average Bonchev–Trinajstić information content (AvgIpc) is 2.74. The topological polar surface area (TPSA) is 61.9 Å². The lowest BCUT2D eigenvalue weighted by molar-refractivity contribution is -0.116. The predicted octanol–water partition coefficient (Wildman–Crippen LogP) is 3.15. The maximum absolute atomic E-state index is 13.9. The van der Waals surface area contributed by atoms with Crippen LogP contribution in [0.25, 0.3) is 0 Å². The molecule has 0 atom stereocenters. The van der Waals surface area contributed by atoms with Crippen LogP contribution in [0.5, 0.6) is 0 Å². The van der Waals surface area contributed by atoms with Crippen LogP contribution in [-0.2, 0) is 9.53 Å². The minimum absolute atomic E-state index is 0.0783. The Morgan fingerprint density at radius 3 is 2.38 bits per heavy atom. The second kappa shape index (κ2) is 10.0. The molecule has 2 aromatic carbocycles. The number of anilines is 2. The molecule has 0 spiro atoms. The fourth-order valence-electron chi connectivity index (χ4n) is 3.31. The summed E-state index contributed by atoms with van der Waals surface area (Å²) in [6.07, 6.45) is 0.374. The minimum Gasteiger partial charge on any atom is -0.462 e. The summed E-state index contributed by atoms with van der Waals surface area (Å²) in [5.74, 6) is -0.653. The highest BCUT2D eigenvalue weighted by Gasteiger charge is 2.19. The normalized spacial score (nSPS) is 14.5. The summed E-state index contributed by atoms with van der Waals surface area (Å²) >= 11 is 0. The van der Waals surface area contributed by atoms with E-state index < -0.39 is 0 Å². The Morgan fingerprint density at radius 2 is 1.72 bits per heavy atom. The molecule has 1 aliphatic heterocycles. The highest BCUT2D eigenvalue weighted by molar-refractivity contribution is 5.93. The number of rotatable bonds is 7. The lowest BCUT2D eigenvalue weighted by Gasteiger charge is -2.36. The van der Waals surface area contributed by atoms with Gasteiger partial charge in [0.15, 0.2) is 0 Å². The maximum atomic E-state index is 13.9. The zero-order valence-electron chi connectivity index (χ0n) is 16.6. The van der Waals surface area contributed by atoms with Crippen LogP contribution in [0, 0.1) is 5.82 Å². The largest absolute Gasteiger partial charge is 0.462 e. The van der Waals surface area contributed by atoms with Gasteiger partial charge in [0, 0.05) is 44.8 Å². The first-order valence-electron chi connectivity index (χ1n) is 9.85. The van der Waals surface area contributed by atoms with Crippen molar-refractivity contribution in [2.24, 2.45) is 0 Å². The van der Waals surface area contributed by atoms with Crippen molar-refractivity contribution in [2.45, 2.75) is 13.3 Å². The molecule has 154 valence electrons. The Bertz CT molecular complexity index is 833. The molecule has 7 heteroatoms. The van der Waals surface area contributed by atoms with Gasteiger partial charge in [-0.1, -0.05) is 12.1 Å². The molecule has 1 saturated heterocycles. The number of piperazine rings is 1. The summed E-state index contributed by atoms with van der Waals surface area (Å²) in [7, 11) is 0. The van der Waals surface area contributed by atoms with Gasteiger partial charge >= 0.3 is 5.97 Å². The highest BCUT2D eigenvalue weighted by atomic mass is 19.1. The van der Waals surface area contributed by atoms with E-state index in [0.717, 1.165) is 26.2 Å². The van der Waals surface area contributed by atoms with Crippen LogP contribution in [0.1, 0.15) is 23.7 Å². The molecular weight excluding hydrogens is 373 g/mol. The number of carbonyl (C=O) groups excluding carboxylic acids is 2. The molecule has 2 aromatic rings. The Balaban J connectivity index is 1.41. The van der Waals surface area contributed by atoms with Crippen LogP contribution in [0.3, 0.4) is 0 Å². The number of para-hydroxylation sites is 1. The standard InChI is InChI=1S/C22H26FN3O3/c1-2-29-22(28)17-7-9-18(10-8-17)24-21(27)11-12-25-13-15-26(16-14-25)20-6-4-3-5-19(20)23/h3-10H,2,11-16H2,1H3,(H,24,27). The third kappa shape index (κ3) is 5.77. The van der Waals surface area contributed by atoms with Gasteiger partial charge in [-0.2, -0.15) is 0 Å². The average molecular weight is 399 g/mol. The third-order valence-corrected chi connectivity index (χ3v) is 4.90. The summed E-state index contributed by atoms with van der Waals surface area (Å²) in [6, 6.07) is 13.5. The van der Waals surface area contributed by atoms with Gasteiger partial charge in [0.25, 0.3) is 0 Å². The second-order valence-electron chi connectivity index (χ2n) is 6.88. The summed E-state index contributed by atoms with van der Waals surface area (Å²) in [5, 5.41) is 2.84. The van der Waals surface area contributed by atoms with Crippen molar-refractivity contribution in [3.8, 4) is 0 Å². The Morgan fingerprint density at radius 1 is 1.03 bits per heavy atom. The summed E-state index contributed by atoms with van der Waals surface area (Å²) < 4.78 is 18.8. The molecule has 0 saturated carbocycles. The molecule has 1 aliphatic rings. The van der Waals surface area contributed by atoms with Gasteiger partial charge in [0.05, 0.1) is 17.9 Å². The fraction of sp³-hybridized carbons (Fsp3) is 0.364. The van der Waals surface area contributed by atoms with E-state index in [-0.39, 0.29) is 17.7 Å². The number of amides is 1. The lowest BCUT2D eigenvalue weighted by Crippen LogP contribution is -2.47. The smallest absolute Gasteiger partial charge is 0.338 e. The molecule has 0 bridgehead atoms. The van der Waals surface area contributed by atoms with Crippen molar-refractivity contribution in [2.75, 3.05) is 49.5 Å². The Labute approximate surface area is 170 Å². The van der Waals surface area contributed by atoms with Gasteiger partial charge in [0.2, 0.25) is 5.91 Å². The van der Waals surface area contributed by atoms with Crippen LogP contribution < -0.4 is 10.2 Å². The van der Waals surface area contributed by atoms with Gasteiger partial charge in [-0.3, -0.25) is 9.69 Å². The van der Waals surface area contributed by atoms with Crippen LogP contribution in [0.15, 0.2) is 48.5 Å². The van der Waals surface area contributed by atoms with E-state index in [1.165, 1.54) is 6.07 Å². The molecule has 1 heterocycles. The Hall–Kier alpha value is -2.93. The number of hydrogen-bond acceptors (Lipinski definition) is 5. The van der Waals surface area contributed by atoms with Gasteiger partial charge in [-0.15, -0.1) is 0 Å². The SMILES string of the molecule is CCOC(=O)c1ccc(NC(=O)CCN2CCN(c3ccccc3F)CC2)cc1. The first-order valence-corrected chi connectivity index (χ1v) is 9.85. The van der Waals surface area contributed by atoms with E-state index in [2.05, 4.69) is 10.2 Å². The number of halogens is 1. The number of nitrogens with one attached hydrogen (secondary N) is 1. The molecule has 6 nitrogen and oxygen atoms in total. The van der Waals surface area contributed by atoms with Crippen molar-refractivity contribution < 1.29 is 18.7 Å². The quantitative estimate of drug-likeness (QED) is 0.725. The number of esters is 1. The zero-order chi connectivity index (χ0) is 20.6. The van der Waals surface area contributed by atoms with E-state index in [1.54, 1.807) is 43.3 Å². The van der Waals surface area contributed by atoms with Crippen molar-refractivity contribution >= 4 is 23.3 Å². The van der Waals surface area contributed by atoms with E-state index >= 15 is 0 Å². The summed E-state index contributed by atoms with van der Waals surface area (Å²) in [4.78, 5) is 28.1. The summed E-state index contributed by atoms with van der Waals surface area (Å²) in [5.41, 5.74) is 1.74. The molecule has 1 fully saturated rings. The number of ether oxygens (including phenoxy) is 1. The molecular formula is C22H26FN3O3. The van der Waals surface area contributed by atoms with E-state index in [4.69, 9.17) is 4.74 Å². The van der Waals surface area contributed by atoms with E-state index in [1.807, 2.05) is 11.0 Å². The minimum atomic E-state index is -0.375. The first-order chi connectivity index (χ1) is 14.1. The summed E-state index contributed by atoms with van der Waals surface area (Å²) in [6.45, 7) is 5.78. The van der Waals surface area contributed by atoms with Crippen molar-refractivity contribution in [3.63, 3.8) is 0 Å². The van der Waals surface area contributed by atoms with Crippen LogP contribution >= 0.6 is 0 Å². The first kappa shape index (κ1) is 20.8. The van der Waals surface area contributed by atoms with Crippen molar-refractivity contribution in [1.82, 2.24) is 4.90 Å². The van der Waals surface area contributed by atoms with E-state index in [0.29, 0.717) is 36.5 Å². The molecule has 29 heavy (non-hydrogen) atoms. The van der Waals surface area contributed by atoms with Crippen LogP contribution in [-0.4, -0.2) is 56.1 Å². The van der Waals surface area contributed by atoms with Gasteiger partial charge in [0.1, 0.15) is 5.82 Å². The predicted molar refractivity (Wildman–Crippen MR) is 111 cm³/mol. The van der Waals surface area contributed by atoms with Gasteiger partial charge in [-0.05, 0) is 43.3 Å². The highest BCUT2D eigenvalue weighted by Crippen LogP contribution is 2.20.